The van der Waals surface area contributed by atoms with Gasteiger partial charge in [0.1, 0.15) is 5.00 Å². The lowest BCUT2D eigenvalue weighted by Crippen LogP contribution is -2.32. The van der Waals surface area contributed by atoms with Crippen molar-refractivity contribution >= 4 is 50.0 Å². The van der Waals surface area contributed by atoms with E-state index in [4.69, 9.17) is 4.74 Å². The van der Waals surface area contributed by atoms with Crippen LogP contribution in [0, 0.1) is 6.92 Å². The Morgan fingerprint density at radius 1 is 0.946 bits per heavy atom. The molecule has 9 nitrogen and oxygen atoms in total. The van der Waals surface area contributed by atoms with Crippen LogP contribution in [0.15, 0.2) is 53.4 Å². The molecule has 4 rings (SSSR count). The number of hydrogen-bond acceptors (Lipinski definition) is 7. The second-order valence-corrected chi connectivity index (χ2v) is 11.3. The summed E-state index contributed by atoms with van der Waals surface area (Å²) >= 11 is 1.33. The molecule has 0 fully saturated rings. The first kappa shape index (κ1) is 26.4. The highest BCUT2D eigenvalue weighted by Crippen LogP contribution is 2.38. The molecular formula is C26H27N3O6S2. The van der Waals surface area contributed by atoms with E-state index in [9.17, 15) is 22.8 Å². The molecule has 3 amide bonds. The van der Waals surface area contributed by atoms with Crippen molar-refractivity contribution < 1.29 is 27.5 Å². The van der Waals surface area contributed by atoms with Gasteiger partial charge >= 0.3 is 6.09 Å². The minimum Gasteiger partial charge on any atom is -0.450 e. The first-order valence-electron chi connectivity index (χ1n) is 11.8. The zero-order valence-corrected chi connectivity index (χ0v) is 22.1. The van der Waals surface area contributed by atoms with E-state index in [1.165, 1.54) is 47.7 Å². The lowest BCUT2D eigenvalue weighted by Gasteiger charge is -2.13. The molecular weight excluding hydrogens is 514 g/mol. The predicted molar refractivity (Wildman–Crippen MR) is 142 cm³/mol. The Kier molecular flexibility index (Phi) is 7.94. The van der Waals surface area contributed by atoms with Crippen LogP contribution >= 0.6 is 11.3 Å². The first-order valence-corrected chi connectivity index (χ1v) is 14.1. The van der Waals surface area contributed by atoms with Gasteiger partial charge in [0.05, 0.1) is 17.1 Å². The van der Waals surface area contributed by atoms with Crippen molar-refractivity contribution in [2.45, 2.75) is 44.4 Å². The van der Waals surface area contributed by atoms with Crippen molar-refractivity contribution in [2.24, 2.45) is 0 Å². The smallest absolute Gasteiger partial charge is 0.414 e. The third-order valence-corrected chi connectivity index (χ3v) is 8.45. The van der Waals surface area contributed by atoms with Crippen LogP contribution in [-0.2, 0) is 27.6 Å². The fourth-order valence-corrected chi connectivity index (χ4v) is 6.35. The number of carbonyl (C=O) groups excluding carboxylic acids is 3. The lowest BCUT2D eigenvalue weighted by molar-refractivity contribution is 0.0925. The van der Waals surface area contributed by atoms with Gasteiger partial charge in [-0.3, -0.25) is 19.6 Å². The number of carbonyl (C=O) groups is 3. The molecule has 3 aromatic rings. The van der Waals surface area contributed by atoms with E-state index in [2.05, 4.69) is 15.4 Å². The quantitative estimate of drug-likeness (QED) is 0.391. The second kappa shape index (κ2) is 11.1. The highest BCUT2D eigenvalue weighted by atomic mass is 32.2. The average Bonchev–Trinajstić information content (AvgIpc) is 3.22. The molecule has 1 aromatic heterocycles. The van der Waals surface area contributed by atoms with E-state index < -0.39 is 27.9 Å². The molecule has 0 radical (unpaired) electrons. The molecule has 3 N–H and O–H groups in total. The molecule has 2 aromatic carbocycles. The van der Waals surface area contributed by atoms with Crippen LogP contribution in [0.25, 0.3) is 0 Å². The monoisotopic (exact) mass is 541 g/mol. The molecule has 1 heterocycles. The van der Waals surface area contributed by atoms with E-state index in [1.807, 2.05) is 6.92 Å². The minimum atomic E-state index is -3.77. The Bertz CT molecular complexity index is 1430. The molecule has 1 aliphatic rings. The van der Waals surface area contributed by atoms with Crippen LogP contribution in [0.5, 0.6) is 0 Å². The summed E-state index contributed by atoms with van der Waals surface area (Å²) in [6, 6.07) is 12.5. The Morgan fingerprint density at radius 3 is 2.30 bits per heavy atom. The average molecular weight is 542 g/mol. The zero-order chi connectivity index (χ0) is 26.6. The number of amides is 3. The summed E-state index contributed by atoms with van der Waals surface area (Å²) in [5.41, 5.74) is 2.65. The number of fused-ring (bicyclic) bond motifs is 1. The summed E-state index contributed by atoms with van der Waals surface area (Å²) in [4.78, 5) is 38.9. The number of alkyl carbamates (subject to hydrolysis) is 1. The van der Waals surface area contributed by atoms with Crippen molar-refractivity contribution in [3.63, 3.8) is 0 Å². The maximum absolute atomic E-state index is 13.0. The van der Waals surface area contributed by atoms with Crippen LogP contribution < -0.4 is 15.4 Å². The van der Waals surface area contributed by atoms with Crippen molar-refractivity contribution in [1.29, 1.82) is 0 Å². The molecule has 0 saturated heterocycles. The highest BCUT2D eigenvalue weighted by molar-refractivity contribution is 7.92. The minimum absolute atomic E-state index is 0.127. The second-order valence-electron chi connectivity index (χ2n) is 8.54. The largest absolute Gasteiger partial charge is 0.450 e. The number of rotatable bonds is 7. The van der Waals surface area contributed by atoms with Gasteiger partial charge in [0.2, 0.25) is 0 Å². The normalized spacial score (nSPS) is 12.8. The van der Waals surface area contributed by atoms with Crippen molar-refractivity contribution in [3.05, 3.63) is 75.7 Å². The van der Waals surface area contributed by atoms with Gasteiger partial charge in [0.25, 0.3) is 21.8 Å². The number of benzene rings is 2. The van der Waals surface area contributed by atoms with Gasteiger partial charge in [0.15, 0.2) is 0 Å². The number of imide groups is 1. The van der Waals surface area contributed by atoms with E-state index >= 15 is 0 Å². The number of nitrogens with one attached hydrogen (secondary N) is 3. The van der Waals surface area contributed by atoms with Gasteiger partial charge in [-0.2, -0.15) is 0 Å². The third kappa shape index (κ3) is 6.17. The molecule has 0 unspecified atom stereocenters. The summed E-state index contributed by atoms with van der Waals surface area (Å²) in [5.74, 6) is -1.08. The summed E-state index contributed by atoms with van der Waals surface area (Å²) in [6.45, 7) is 3.64. The predicted octanol–water partition coefficient (Wildman–Crippen LogP) is 4.87. The number of thiophene rings is 1. The molecule has 37 heavy (non-hydrogen) atoms. The Hall–Kier alpha value is -3.70. The van der Waals surface area contributed by atoms with E-state index in [0.717, 1.165) is 35.3 Å². The molecule has 0 spiro atoms. The van der Waals surface area contributed by atoms with Gasteiger partial charge in [-0.25, -0.2) is 13.2 Å². The maximum atomic E-state index is 13.0. The Balaban J connectivity index is 1.51. The summed E-state index contributed by atoms with van der Waals surface area (Å²) < 4.78 is 32.6. The van der Waals surface area contributed by atoms with Crippen LogP contribution in [0.1, 0.15) is 56.5 Å². The van der Waals surface area contributed by atoms with E-state index in [1.54, 1.807) is 19.1 Å². The molecule has 1 aliphatic carbocycles. The number of ether oxygens (including phenoxy) is 1. The molecule has 0 bridgehead atoms. The summed E-state index contributed by atoms with van der Waals surface area (Å²) in [7, 11) is -3.77. The topological polar surface area (TPSA) is 131 Å². The van der Waals surface area contributed by atoms with Gasteiger partial charge in [-0.05, 0) is 81.5 Å². The standard InChI is InChI=1S/C26H27N3O6S2/c1-3-35-26(32)28-24(31)22-20-6-4-5-7-21(20)36-25(22)27-23(30)17-10-12-18(13-11-17)29-37(33,34)19-14-8-16(2)9-15-19/h8-15,29H,3-7H2,1-2H3,(H,27,30)(H,28,31,32). The fourth-order valence-electron chi connectivity index (χ4n) is 4.01. The van der Waals surface area contributed by atoms with Crippen LogP contribution in [0.2, 0.25) is 0 Å². The molecule has 0 atom stereocenters. The van der Waals surface area contributed by atoms with Crippen molar-refractivity contribution in [2.75, 3.05) is 16.6 Å². The van der Waals surface area contributed by atoms with Gasteiger partial charge in [-0.15, -0.1) is 11.3 Å². The van der Waals surface area contributed by atoms with Gasteiger partial charge in [0, 0.05) is 16.1 Å². The summed E-state index contributed by atoms with van der Waals surface area (Å²) in [6.07, 6.45) is 2.54. The SMILES string of the molecule is CCOC(=O)NC(=O)c1c(NC(=O)c2ccc(NS(=O)(=O)c3ccc(C)cc3)cc2)sc2c1CCCC2. The molecule has 0 saturated carbocycles. The molecule has 0 aliphatic heterocycles. The first-order chi connectivity index (χ1) is 17.7. The van der Waals surface area contributed by atoms with Crippen LogP contribution in [0.4, 0.5) is 15.5 Å². The number of aryl methyl sites for hydroxylation is 2. The van der Waals surface area contributed by atoms with Crippen LogP contribution in [0.3, 0.4) is 0 Å². The lowest BCUT2D eigenvalue weighted by atomic mass is 9.95. The van der Waals surface area contributed by atoms with Crippen molar-refractivity contribution in [3.8, 4) is 0 Å². The fraction of sp³-hybridized carbons (Fsp3) is 0.269. The maximum Gasteiger partial charge on any atom is 0.414 e. The van der Waals surface area contributed by atoms with E-state index in [0.29, 0.717) is 17.1 Å². The third-order valence-electron chi connectivity index (χ3n) is 5.85. The number of hydrogen-bond donors (Lipinski definition) is 3. The summed E-state index contributed by atoms with van der Waals surface area (Å²) in [5, 5.41) is 5.38. The molecule has 194 valence electrons. The Labute approximate surface area is 219 Å². The highest BCUT2D eigenvalue weighted by Gasteiger charge is 2.28. The van der Waals surface area contributed by atoms with Crippen LogP contribution in [-0.4, -0.2) is 32.9 Å². The van der Waals surface area contributed by atoms with Gasteiger partial charge < -0.3 is 10.1 Å². The number of anilines is 2. The zero-order valence-electron chi connectivity index (χ0n) is 20.4. The molecule has 11 heteroatoms. The number of sulfonamides is 1. The Morgan fingerprint density at radius 2 is 1.62 bits per heavy atom. The van der Waals surface area contributed by atoms with Gasteiger partial charge in [-0.1, -0.05) is 17.7 Å². The van der Waals surface area contributed by atoms with E-state index in [-0.39, 0.29) is 22.6 Å². The van der Waals surface area contributed by atoms with Crippen molar-refractivity contribution in [1.82, 2.24) is 5.32 Å².